The molecule has 1 aliphatic carbocycles. The van der Waals surface area contributed by atoms with Crippen LogP contribution in [0.25, 0.3) is 5.65 Å². The molecule has 5 nitrogen and oxygen atoms in total. The molecule has 7 heteroatoms. The first kappa shape index (κ1) is 18.6. The van der Waals surface area contributed by atoms with Gasteiger partial charge in [-0.25, -0.2) is 8.78 Å². The highest BCUT2D eigenvalue weighted by Gasteiger charge is 2.29. The van der Waals surface area contributed by atoms with Crippen LogP contribution in [0.1, 0.15) is 47.8 Å². The zero-order valence-electron chi connectivity index (χ0n) is 16.2. The Labute approximate surface area is 168 Å². The Bertz CT molecular complexity index is 987. The van der Waals surface area contributed by atoms with Crippen molar-refractivity contribution >= 4 is 5.65 Å². The van der Waals surface area contributed by atoms with E-state index < -0.39 is 6.43 Å². The van der Waals surface area contributed by atoms with E-state index in [1.165, 1.54) is 12.8 Å². The summed E-state index contributed by atoms with van der Waals surface area (Å²) in [4.78, 5) is 2.22. The van der Waals surface area contributed by atoms with E-state index in [-0.39, 0.29) is 17.3 Å². The number of fused-ring (bicyclic) bond motifs is 1. The fraction of sp³-hybridized carbons (Fsp3) is 0.455. The number of morpholine rings is 1. The largest absolute Gasteiger partial charge is 0.378 e. The lowest BCUT2D eigenvalue weighted by atomic mass is 10.0. The van der Waals surface area contributed by atoms with E-state index in [0.717, 1.165) is 17.8 Å². The maximum Gasteiger partial charge on any atom is 0.267 e. The molecule has 3 heterocycles. The Morgan fingerprint density at radius 3 is 2.69 bits per heavy atom. The van der Waals surface area contributed by atoms with Gasteiger partial charge >= 0.3 is 0 Å². The molecule has 29 heavy (non-hydrogen) atoms. The van der Waals surface area contributed by atoms with Crippen molar-refractivity contribution in [2.45, 2.75) is 38.3 Å². The Morgan fingerprint density at radius 2 is 1.93 bits per heavy atom. The molecule has 2 aliphatic rings. The number of hydrogen-bond donors (Lipinski definition) is 0. The summed E-state index contributed by atoms with van der Waals surface area (Å²) in [6.45, 7) is 2.30. The van der Waals surface area contributed by atoms with Crippen molar-refractivity contribution in [3.05, 3.63) is 65.1 Å². The van der Waals surface area contributed by atoms with Crippen LogP contribution in [-0.4, -0.2) is 39.3 Å². The molecular formula is C22H24F2N4O. The second-order valence-corrected chi connectivity index (χ2v) is 7.98. The first-order valence-electron chi connectivity index (χ1n) is 10.2. The van der Waals surface area contributed by atoms with Gasteiger partial charge < -0.3 is 4.74 Å². The topological polar surface area (TPSA) is 42.7 Å². The van der Waals surface area contributed by atoms with Crippen molar-refractivity contribution in [1.82, 2.24) is 19.5 Å². The van der Waals surface area contributed by atoms with Crippen LogP contribution in [0.3, 0.4) is 0 Å². The van der Waals surface area contributed by atoms with Crippen molar-refractivity contribution in [3.63, 3.8) is 0 Å². The number of pyridine rings is 1. The molecule has 2 fully saturated rings. The molecule has 2 aromatic heterocycles. The first-order valence-corrected chi connectivity index (χ1v) is 10.2. The van der Waals surface area contributed by atoms with Gasteiger partial charge in [0.25, 0.3) is 6.43 Å². The maximum absolute atomic E-state index is 14.1. The Balaban J connectivity index is 1.48. The summed E-state index contributed by atoms with van der Waals surface area (Å²) in [6.07, 6.45) is 2.44. The minimum atomic E-state index is -2.59. The lowest BCUT2D eigenvalue weighted by Crippen LogP contribution is -2.39. The van der Waals surface area contributed by atoms with E-state index in [4.69, 9.17) is 4.74 Å². The summed E-state index contributed by atoms with van der Waals surface area (Å²) in [6, 6.07) is 12.0. The molecule has 1 unspecified atom stereocenters. The van der Waals surface area contributed by atoms with Crippen LogP contribution in [-0.2, 0) is 17.7 Å². The van der Waals surface area contributed by atoms with E-state index in [2.05, 4.69) is 27.2 Å². The van der Waals surface area contributed by atoms with Gasteiger partial charge in [0.05, 0.1) is 24.8 Å². The van der Waals surface area contributed by atoms with Crippen LogP contribution in [0.4, 0.5) is 8.78 Å². The molecule has 5 rings (SSSR count). The Hall–Kier alpha value is -2.38. The minimum absolute atomic E-state index is 0.000324. The van der Waals surface area contributed by atoms with Gasteiger partial charge in [0.2, 0.25) is 0 Å². The SMILES string of the molecule is FC(F)c1c(CN2CCOCC2c2ccccc2)ccn2c(CC3CC3)nnc12. The zero-order chi connectivity index (χ0) is 19.8. The summed E-state index contributed by atoms with van der Waals surface area (Å²) in [5, 5.41) is 8.36. The highest BCUT2D eigenvalue weighted by molar-refractivity contribution is 5.52. The summed E-state index contributed by atoms with van der Waals surface area (Å²) < 4.78 is 35.6. The number of ether oxygens (including phenoxy) is 1. The van der Waals surface area contributed by atoms with Crippen LogP contribution in [0.5, 0.6) is 0 Å². The van der Waals surface area contributed by atoms with Gasteiger partial charge in [-0.2, -0.15) is 0 Å². The average molecular weight is 398 g/mol. The highest BCUT2D eigenvalue weighted by atomic mass is 19.3. The summed E-state index contributed by atoms with van der Waals surface area (Å²) in [7, 11) is 0. The number of alkyl halides is 2. The second kappa shape index (κ2) is 7.80. The Morgan fingerprint density at radius 1 is 1.10 bits per heavy atom. The first-order chi connectivity index (χ1) is 14.2. The van der Waals surface area contributed by atoms with Crippen LogP contribution in [0.2, 0.25) is 0 Å². The van der Waals surface area contributed by atoms with Gasteiger partial charge in [-0.3, -0.25) is 9.30 Å². The average Bonchev–Trinajstić information content (AvgIpc) is 3.47. The molecule has 0 spiro atoms. The van der Waals surface area contributed by atoms with Crippen LogP contribution in [0.15, 0.2) is 42.6 Å². The molecule has 0 bridgehead atoms. The third kappa shape index (κ3) is 3.76. The van der Waals surface area contributed by atoms with Crippen molar-refractivity contribution in [2.24, 2.45) is 5.92 Å². The lowest BCUT2D eigenvalue weighted by molar-refractivity contribution is -0.0131. The number of rotatable bonds is 6. The van der Waals surface area contributed by atoms with Gasteiger partial charge in [-0.05, 0) is 36.0 Å². The van der Waals surface area contributed by atoms with E-state index in [0.29, 0.717) is 37.8 Å². The van der Waals surface area contributed by atoms with Crippen molar-refractivity contribution < 1.29 is 13.5 Å². The summed E-state index contributed by atoms with van der Waals surface area (Å²) in [5.41, 5.74) is 2.04. The van der Waals surface area contributed by atoms with Gasteiger partial charge in [-0.15, -0.1) is 10.2 Å². The van der Waals surface area contributed by atoms with Gasteiger partial charge in [0.15, 0.2) is 5.65 Å². The van der Waals surface area contributed by atoms with E-state index in [1.807, 2.05) is 30.5 Å². The van der Waals surface area contributed by atoms with Crippen molar-refractivity contribution in [1.29, 1.82) is 0 Å². The van der Waals surface area contributed by atoms with Gasteiger partial charge in [-0.1, -0.05) is 30.3 Å². The molecular weight excluding hydrogens is 374 g/mol. The van der Waals surface area contributed by atoms with Crippen molar-refractivity contribution in [2.75, 3.05) is 19.8 Å². The molecule has 1 aromatic carbocycles. The fourth-order valence-electron chi connectivity index (χ4n) is 4.19. The molecule has 152 valence electrons. The third-order valence-corrected chi connectivity index (χ3v) is 5.96. The zero-order valence-corrected chi connectivity index (χ0v) is 16.2. The highest BCUT2D eigenvalue weighted by Crippen LogP contribution is 2.34. The molecule has 1 aliphatic heterocycles. The molecule has 1 atom stereocenters. The number of halogens is 2. The Kier molecular flexibility index (Phi) is 5.01. The van der Waals surface area contributed by atoms with Gasteiger partial charge in [0, 0.05) is 25.7 Å². The van der Waals surface area contributed by atoms with Crippen LogP contribution < -0.4 is 0 Å². The molecule has 1 saturated carbocycles. The van der Waals surface area contributed by atoms with Crippen molar-refractivity contribution in [3.8, 4) is 0 Å². The van der Waals surface area contributed by atoms with E-state index in [1.54, 1.807) is 4.40 Å². The molecule has 0 radical (unpaired) electrons. The standard InChI is InChI=1S/C22H24F2N4O/c23-21(24)20-17(8-9-28-19(12-15-6-7-15)25-26-22(20)28)13-27-10-11-29-14-18(27)16-4-2-1-3-5-16/h1-5,8-9,15,18,21H,6-7,10-14H2. The number of benzene rings is 1. The number of aromatic nitrogens is 3. The molecule has 0 amide bonds. The minimum Gasteiger partial charge on any atom is -0.378 e. The third-order valence-electron chi connectivity index (χ3n) is 5.96. The lowest BCUT2D eigenvalue weighted by Gasteiger charge is -2.36. The molecule has 1 saturated heterocycles. The molecule has 3 aromatic rings. The van der Waals surface area contributed by atoms with E-state index in [9.17, 15) is 8.78 Å². The normalized spacial score (nSPS) is 20.6. The quantitative estimate of drug-likeness (QED) is 0.624. The summed E-state index contributed by atoms with van der Waals surface area (Å²) in [5.74, 6) is 1.40. The predicted octanol–water partition coefficient (Wildman–Crippen LogP) is 4.19. The fourth-order valence-corrected chi connectivity index (χ4v) is 4.19. The van der Waals surface area contributed by atoms with E-state index >= 15 is 0 Å². The number of hydrogen-bond acceptors (Lipinski definition) is 4. The number of nitrogens with zero attached hydrogens (tertiary/aromatic N) is 4. The van der Waals surface area contributed by atoms with Gasteiger partial charge in [0.1, 0.15) is 5.82 Å². The molecule has 0 N–H and O–H groups in total. The monoisotopic (exact) mass is 398 g/mol. The second-order valence-electron chi connectivity index (χ2n) is 7.98. The predicted molar refractivity (Wildman–Crippen MR) is 105 cm³/mol. The van der Waals surface area contributed by atoms with Crippen LogP contribution >= 0.6 is 0 Å². The smallest absolute Gasteiger partial charge is 0.267 e. The summed E-state index contributed by atoms with van der Waals surface area (Å²) >= 11 is 0. The van der Waals surface area contributed by atoms with Crippen LogP contribution in [0, 0.1) is 5.92 Å². The maximum atomic E-state index is 14.1.